The summed E-state index contributed by atoms with van der Waals surface area (Å²) in [6.07, 6.45) is 5.21. The Labute approximate surface area is 205 Å². The highest BCUT2D eigenvalue weighted by molar-refractivity contribution is 6.34. The maximum absolute atomic E-state index is 14.8. The normalized spacial score (nSPS) is 11.2. The smallest absolute Gasteiger partial charge is 0.250 e. The van der Waals surface area contributed by atoms with Crippen molar-refractivity contribution in [3.05, 3.63) is 71.8 Å². The van der Waals surface area contributed by atoms with E-state index in [-0.39, 0.29) is 29.1 Å². The summed E-state index contributed by atoms with van der Waals surface area (Å²) in [7, 11) is 3.42. The molecule has 176 valence electrons. The van der Waals surface area contributed by atoms with E-state index in [4.69, 9.17) is 16.0 Å². The lowest BCUT2D eigenvalue weighted by molar-refractivity contribution is -0.129. The van der Waals surface area contributed by atoms with Crippen LogP contribution >= 0.6 is 11.6 Å². The average Bonchev–Trinajstić information content (AvgIpc) is 3.48. The fourth-order valence-electron chi connectivity index (χ4n) is 3.75. The van der Waals surface area contributed by atoms with Gasteiger partial charge in [-0.25, -0.2) is 9.37 Å². The SMILES string of the molecule is Cc1nnc(-c2cc3c(-c4ccc(-c5cnn(CC(=O)N(C)C)c5)cc4)cnc(Cl)c3cc2F)o1. The second-order valence-corrected chi connectivity index (χ2v) is 8.62. The Morgan fingerprint density at radius 3 is 2.46 bits per heavy atom. The van der Waals surface area contributed by atoms with Crippen LogP contribution in [0, 0.1) is 12.7 Å². The van der Waals surface area contributed by atoms with Crippen LogP contribution in [-0.2, 0) is 11.3 Å². The molecule has 8 nitrogen and oxygen atoms in total. The second kappa shape index (κ2) is 8.92. The first-order valence-corrected chi connectivity index (χ1v) is 11.1. The number of rotatable bonds is 5. The van der Waals surface area contributed by atoms with Crippen LogP contribution in [0.2, 0.25) is 5.15 Å². The monoisotopic (exact) mass is 490 g/mol. The van der Waals surface area contributed by atoms with Gasteiger partial charge in [0.05, 0.1) is 11.8 Å². The number of pyridine rings is 1. The molecule has 0 radical (unpaired) electrons. The topological polar surface area (TPSA) is 89.9 Å². The molecule has 0 aliphatic carbocycles. The number of carbonyl (C=O) groups is 1. The predicted molar refractivity (Wildman–Crippen MR) is 130 cm³/mol. The third kappa shape index (κ3) is 4.38. The summed E-state index contributed by atoms with van der Waals surface area (Å²) in [5.74, 6) is -0.121. The lowest BCUT2D eigenvalue weighted by atomic mass is 9.97. The van der Waals surface area contributed by atoms with Crippen molar-refractivity contribution >= 4 is 28.3 Å². The van der Waals surface area contributed by atoms with Crippen LogP contribution < -0.4 is 0 Å². The number of carbonyl (C=O) groups excluding carboxylic acids is 1. The highest BCUT2D eigenvalue weighted by atomic mass is 35.5. The fourth-order valence-corrected chi connectivity index (χ4v) is 3.95. The van der Waals surface area contributed by atoms with E-state index in [2.05, 4.69) is 20.3 Å². The highest BCUT2D eigenvalue weighted by Gasteiger charge is 2.17. The van der Waals surface area contributed by atoms with Crippen molar-refractivity contribution in [1.82, 2.24) is 29.9 Å². The largest absolute Gasteiger partial charge is 0.421 e. The van der Waals surface area contributed by atoms with Crippen LogP contribution in [0.4, 0.5) is 4.39 Å². The van der Waals surface area contributed by atoms with Crippen molar-refractivity contribution < 1.29 is 13.6 Å². The molecule has 0 aliphatic heterocycles. The van der Waals surface area contributed by atoms with E-state index in [0.29, 0.717) is 16.7 Å². The molecule has 3 aromatic heterocycles. The first-order chi connectivity index (χ1) is 16.8. The molecule has 0 saturated carbocycles. The number of aromatic nitrogens is 5. The van der Waals surface area contributed by atoms with Gasteiger partial charge in [-0.1, -0.05) is 35.9 Å². The molecule has 0 bridgehead atoms. The number of benzene rings is 2. The van der Waals surface area contributed by atoms with E-state index in [9.17, 15) is 9.18 Å². The molecule has 0 spiro atoms. The van der Waals surface area contributed by atoms with Crippen LogP contribution in [0.3, 0.4) is 0 Å². The summed E-state index contributed by atoms with van der Waals surface area (Å²) in [4.78, 5) is 17.7. The van der Waals surface area contributed by atoms with Gasteiger partial charge in [-0.15, -0.1) is 10.2 Å². The Kier molecular flexibility index (Phi) is 5.78. The van der Waals surface area contributed by atoms with Crippen LogP contribution in [0.25, 0.3) is 44.5 Å². The van der Waals surface area contributed by atoms with E-state index in [1.54, 1.807) is 44.2 Å². The molecule has 35 heavy (non-hydrogen) atoms. The van der Waals surface area contributed by atoms with E-state index in [0.717, 1.165) is 22.3 Å². The van der Waals surface area contributed by atoms with Gasteiger partial charge in [0.15, 0.2) is 0 Å². The van der Waals surface area contributed by atoms with Gasteiger partial charge < -0.3 is 9.32 Å². The molecule has 0 atom stereocenters. The van der Waals surface area contributed by atoms with E-state index >= 15 is 0 Å². The maximum atomic E-state index is 14.8. The second-order valence-electron chi connectivity index (χ2n) is 8.26. The Morgan fingerprint density at radius 1 is 1.03 bits per heavy atom. The number of halogens is 2. The fraction of sp³-hybridized carbons (Fsp3) is 0.160. The zero-order valence-corrected chi connectivity index (χ0v) is 19.9. The standard InChI is InChI=1S/C25H20ClFN6O2/c1-14-30-31-25(35-14)20-8-18-19(9-22(20)27)24(26)28-11-21(18)16-6-4-15(5-7-16)17-10-29-33(12-17)13-23(34)32(2)3/h4-12H,13H2,1-3H3. The summed E-state index contributed by atoms with van der Waals surface area (Å²) < 4.78 is 21.9. The van der Waals surface area contributed by atoms with Gasteiger partial charge in [-0.2, -0.15) is 5.10 Å². The Balaban J connectivity index is 1.52. The maximum Gasteiger partial charge on any atom is 0.250 e. The molecule has 5 aromatic rings. The van der Waals surface area contributed by atoms with Crippen molar-refractivity contribution in [3.8, 4) is 33.7 Å². The molecule has 0 aliphatic rings. The van der Waals surface area contributed by atoms with Gasteiger partial charge in [0.25, 0.3) is 5.89 Å². The Bertz CT molecular complexity index is 1560. The van der Waals surface area contributed by atoms with Crippen LogP contribution in [0.15, 0.2) is 59.4 Å². The quantitative estimate of drug-likeness (QED) is 0.322. The number of fused-ring (bicyclic) bond motifs is 1. The van der Waals surface area contributed by atoms with Crippen molar-refractivity contribution in [2.24, 2.45) is 0 Å². The average molecular weight is 491 g/mol. The summed E-state index contributed by atoms with van der Waals surface area (Å²) in [5, 5.41) is 13.4. The van der Waals surface area contributed by atoms with E-state index in [1.807, 2.05) is 30.5 Å². The third-order valence-corrected chi connectivity index (χ3v) is 5.94. The van der Waals surface area contributed by atoms with Gasteiger partial charge >= 0.3 is 0 Å². The van der Waals surface area contributed by atoms with Gasteiger partial charge in [0.1, 0.15) is 17.5 Å². The molecule has 5 rings (SSSR count). The van der Waals surface area contributed by atoms with Gasteiger partial charge in [0.2, 0.25) is 11.8 Å². The number of nitrogens with zero attached hydrogens (tertiary/aromatic N) is 6. The Morgan fingerprint density at radius 2 is 1.77 bits per heavy atom. The van der Waals surface area contributed by atoms with Gasteiger partial charge in [-0.3, -0.25) is 9.48 Å². The minimum absolute atomic E-state index is 0.0383. The van der Waals surface area contributed by atoms with Crippen molar-refractivity contribution in [2.45, 2.75) is 13.5 Å². The van der Waals surface area contributed by atoms with E-state index < -0.39 is 5.82 Å². The molecule has 2 aromatic carbocycles. The minimum atomic E-state index is -0.526. The number of likely N-dealkylation sites (N-methyl/N-ethyl adjacent to an activating group) is 1. The van der Waals surface area contributed by atoms with Crippen LogP contribution in [0.1, 0.15) is 5.89 Å². The molecule has 0 N–H and O–H groups in total. The first-order valence-electron chi connectivity index (χ1n) is 10.7. The molecule has 0 unspecified atom stereocenters. The van der Waals surface area contributed by atoms with Crippen molar-refractivity contribution in [3.63, 3.8) is 0 Å². The van der Waals surface area contributed by atoms with Crippen LogP contribution in [0.5, 0.6) is 0 Å². The number of aryl methyl sites for hydroxylation is 1. The number of amides is 1. The zero-order chi connectivity index (χ0) is 24.7. The van der Waals surface area contributed by atoms with Crippen molar-refractivity contribution in [2.75, 3.05) is 14.1 Å². The van der Waals surface area contributed by atoms with Gasteiger partial charge in [-0.05, 0) is 28.6 Å². The van der Waals surface area contributed by atoms with E-state index in [1.165, 1.54) is 11.0 Å². The lowest BCUT2D eigenvalue weighted by Gasteiger charge is -2.10. The molecule has 0 fully saturated rings. The molecular formula is C25H20ClFN6O2. The summed E-state index contributed by atoms with van der Waals surface area (Å²) in [6, 6.07) is 10.8. The predicted octanol–water partition coefficient (Wildman–Crippen LogP) is 5.00. The number of hydrogen-bond acceptors (Lipinski definition) is 6. The Hall–Kier alpha value is -4.11. The highest BCUT2D eigenvalue weighted by Crippen LogP contribution is 2.36. The van der Waals surface area contributed by atoms with Crippen molar-refractivity contribution in [1.29, 1.82) is 0 Å². The van der Waals surface area contributed by atoms with Crippen LogP contribution in [-0.4, -0.2) is 49.9 Å². The molecular weight excluding hydrogens is 471 g/mol. The zero-order valence-electron chi connectivity index (χ0n) is 19.2. The summed E-state index contributed by atoms with van der Waals surface area (Å²) >= 11 is 6.29. The molecule has 3 heterocycles. The molecule has 0 saturated heterocycles. The first kappa shape index (κ1) is 22.7. The molecule has 1 amide bonds. The minimum Gasteiger partial charge on any atom is -0.421 e. The summed E-state index contributed by atoms with van der Waals surface area (Å²) in [5.41, 5.74) is 3.67. The van der Waals surface area contributed by atoms with Gasteiger partial charge in [0, 0.05) is 49.9 Å². The molecule has 10 heteroatoms. The third-order valence-electron chi connectivity index (χ3n) is 5.64. The lowest BCUT2D eigenvalue weighted by Crippen LogP contribution is -2.26. The summed E-state index contributed by atoms with van der Waals surface area (Å²) in [6.45, 7) is 1.82. The number of hydrogen-bond donors (Lipinski definition) is 0.